The summed E-state index contributed by atoms with van der Waals surface area (Å²) in [6.07, 6.45) is 2.61. The van der Waals surface area contributed by atoms with Gasteiger partial charge < -0.3 is 15.0 Å². The zero-order chi connectivity index (χ0) is 23.5. The lowest BCUT2D eigenvalue weighted by atomic mass is 9.89. The molecule has 1 saturated heterocycles. The van der Waals surface area contributed by atoms with Gasteiger partial charge >= 0.3 is 6.09 Å². The van der Waals surface area contributed by atoms with E-state index in [4.69, 9.17) is 4.74 Å². The monoisotopic (exact) mass is 449 g/mol. The highest BCUT2D eigenvalue weighted by atomic mass is 16.6. The van der Waals surface area contributed by atoms with Gasteiger partial charge in [-0.25, -0.2) is 4.79 Å². The fraction of sp³-hybridized carbons (Fsp3) is 0.481. The van der Waals surface area contributed by atoms with Gasteiger partial charge in [0.05, 0.1) is 12.1 Å². The molecule has 0 aromatic heterocycles. The van der Waals surface area contributed by atoms with Crippen LogP contribution in [0.25, 0.3) is 11.1 Å². The van der Waals surface area contributed by atoms with Crippen molar-refractivity contribution in [1.29, 1.82) is 0 Å². The van der Waals surface area contributed by atoms with Gasteiger partial charge in [-0.05, 0) is 87.5 Å². The van der Waals surface area contributed by atoms with E-state index in [2.05, 4.69) is 46.6 Å². The number of alkyl carbamates (subject to hydrolysis) is 1. The van der Waals surface area contributed by atoms with Crippen LogP contribution in [-0.4, -0.2) is 42.1 Å². The number of rotatable bonds is 5. The van der Waals surface area contributed by atoms with E-state index in [1.165, 1.54) is 31.5 Å². The van der Waals surface area contributed by atoms with Crippen molar-refractivity contribution in [2.24, 2.45) is 0 Å². The van der Waals surface area contributed by atoms with Crippen molar-refractivity contribution in [3.05, 3.63) is 53.6 Å². The second-order valence-electron chi connectivity index (χ2n) is 9.58. The SMILES string of the molecule is CC(=O)N1c2ccc(-c3ccc(CN4CCCC4)cc3)cc2[C@H](NC(=O)OC(C)C)C[C@@H]1C. The van der Waals surface area contributed by atoms with Crippen LogP contribution in [0.1, 0.15) is 64.1 Å². The van der Waals surface area contributed by atoms with Gasteiger partial charge in [0.2, 0.25) is 5.91 Å². The van der Waals surface area contributed by atoms with E-state index in [9.17, 15) is 9.59 Å². The van der Waals surface area contributed by atoms with Crippen molar-refractivity contribution in [1.82, 2.24) is 10.2 Å². The molecule has 1 fully saturated rings. The molecule has 33 heavy (non-hydrogen) atoms. The number of fused-ring (bicyclic) bond motifs is 1. The Morgan fingerprint density at radius 2 is 1.73 bits per heavy atom. The first kappa shape index (κ1) is 23.3. The number of likely N-dealkylation sites (tertiary alicyclic amines) is 1. The van der Waals surface area contributed by atoms with Crippen LogP contribution in [0.15, 0.2) is 42.5 Å². The first-order valence-corrected chi connectivity index (χ1v) is 12.0. The van der Waals surface area contributed by atoms with Gasteiger partial charge in [-0.2, -0.15) is 0 Å². The Kier molecular flexibility index (Phi) is 7.03. The third kappa shape index (κ3) is 5.38. The van der Waals surface area contributed by atoms with E-state index in [-0.39, 0.29) is 24.1 Å². The predicted octanol–water partition coefficient (Wildman–Crippen LogP) is 5.27. The van der Waals surface area contributed by atoms with E-state index < -0.39 is 6.09 Å². The Hall–Kier alpha value is -2.86. The molecule has 2 aliphatic rings. The van der Waals surface area contributed by atoms with Crippen molar-refractivity contribution >= 4 is 17.7 Å². The molecule has 2 aliphatic heterocycles. The molecule has 1 N–H and O–H groups in total. The van der Waals surface area contributed by atoms with Crippen LogP contribution in [0, 0.1) is 0 Å². The molecule has 0 radical (unpaired) electrons. The van der Waals surface area contributed by atoms with Gasteiger partial charge in [-0.1, -0.05) is 30.3 Å². The summed E-state index contributed by atoms with van der Waals surface area (Å²) in [7, 11) is 0. The molecule has 2 aromatic rings. The average Bonchev–Trinajstić information content (AvgIpc) is 3.26. The summed E-state index contributed by atoms with van der Waals surface area (Å²) >= 11 is 0. The molecule has 2 amide bonds. The van der Waals surface area contributed by atoms with Gasteiger partial charge in [0.1, 0.15) is 0 Å². The van der Waals surface area contributed by atoms with E-state index in [0.29, 0.717) is 6.42 Å². The fourth-order valence-corrected chi connectivity index (χ4v) is 5.05. The zero-order valence-corrected chi connectivity index (χ0v) is 20.1. The number of hydrogen-bond acceptors (Lipinski definition) is 4. The number of nitrogens with one attached hydrogen (secondary N) is 1. The quantitative estimate of drug-likeness (QED) is 0.675. The van der Waals surface area contributed by atoms with E-state index in [0.717, 1.165) is 28.9 Å². The molecule has 0 bridgehead atoms. The maximum absolute atomic E-state index is 12.4. The smallest absolute Gasteiger partial charge is 0.407 e. The van der Waals surface area contributed by atoms with Crippen LogP contribution in [0.4, 0.5) is 10.5 Å². The lowest BCUT2D eigenvalue weighted by molar-refractivity contribution is -0.117. The fourth-order valence-electron chi connectivity index (χ4n) is 5.05. The Bertz CT molecular complexity index is 996. The van der Waals surface area contributed by atoms with Crippen molar-refractivity contribution in [2.75, 3.05) is 18.0 Å². The van der Waals surface area contributed by atoms with Crippen LogP contribution in [-0.2, 0) is 16.1 Å². The largest absolute Gasteiger partial charge is 0.447 e. The normalized spacial score (nSPS) is 20.6. The first-order valence-electron chi connectivity index (χ1n) is 12.0. The first-order chi connectivity index (χ1) is 15.8. The summed E-state index contributed by atoms with van der Waals surface area (Å²) in [5.41, 5.74) is 5.32. The highest BCUT2D eigenvalue weighted by Crippen LogP contribution is 2.39. The minimum absolute atomic E-state index is 0.00553. The average molecular weight is 450 g/mol. The van der Waals surface area contributed by atoms with Crippen molar-refractivity contribution in [3.8, 4) is 11.1 Å². The van der Waals surface area contributed by atoms with Crippen molar-refractivity contribution < 1.29 is 14.3 Å². The van der Waals surface area contributed by atoms with Gasteiger partial charge in [-0.15, -0.1) is 0 Å². The lowest BCUT2D eigenvalue weighted by Crippen LogP contribution is -2.45. The Morgan fingerprint density at radius 1 is 1.06 bits per heavy atom. The third-order valence-electron chi connectivity index (χ3n) is 6.55. The summed E-state index contributed by atoms with van der Waals surface area (Å²) in [6, 6.07) is 14.7. The van der Waals surface area contributed by atoms with Crippen LogP contribution in [0.5, 0.6) is 0 Å². The summed E-state index contributed by atoms with van der Waals surface area (Å²) in [4.78, 5) is 29.1. The topological polar surface area (TPSA) is 61.9 Å². The van der Waals surface area contributed by atoms with E-state index in [1.54, 1.807) is 6.92 Å². The second-order valence-corrected chi connectivity index (χ2v) is 9.58. The van der Waals surface area contributed by atoms with Gasteiger partial charge in [0.15, 0.2) is 0 Å². The molecular weight excluding hydrogens is 414 g/mol. The Balaban J connectivity index is 1.61. The number of hydrogen-bond donors (Lipinski definition) is 1. The summed E-state index contributed by atoms with van der Waals surface area (Å²) in [6.45, 7) is 10.6. The number of carbonyl (C=O) groups is 2. The Labute approximate surface area is 196 Å². The molecule has 4 rings (SSSR count). The number of carbonyl (C=O) groups excluding carboxylic acids is 2. The predicted molar refractivity (Wildman–Crippen MR) is 131 cm³/mol. The van der Waals surface area contributed by atoms with E-state index in [1.807, 2.05) is 31.7 Å². The summed E-state index contributed by atoms with van der Waals surface area (Å²) in [5, 5.41) is 3.02. The molecule has 176 valence electrons. The standard InChI is InChI=1S/C27H35N3O3/c1-18(2)33-27(32)28-25-15-19(3)30(20(4)31)26-12-11-23(16-24(25)26)22-9-7-21(8-10-22)17-29-13-5-6-14-29/h7-12,16,18-19,25H,5-6,13-15,17H2,1-4H3,(H,28,32)/t19-,25+/m0/s1. The van der Waals surface area contributed by atoms with Crippen molar-refractivity contribution in [2.45, 2.75) is 71.7 Å². The maximum Gasteiger partial charge on any atom is 0.407 e. The molecule has 0 unspecified atom stereocenters. The molecule has 6 nitrogen and oxygen atoms in total. The molecular formula is C27H35N3O3. The van der Waals surface area contributed by atoms with Crippen LogP contribution in [0.2, 0.25) is 0 Å². The summed E-state index contributed by atoms with van der Waals surface area (Å²) in [5.74, 6) is 0.00553. The molecule has 2 heterocycles. The Morgan fingerprint density at radius 3 is 2.36 bits per heavy atom. The lowest BCUT2D eigenvalue weighted by Gasteiger charge is -2.39. The van der Waals surface area contributed by atoms with Gasteiger partial charge in [0.25, 0.3) is 0 Å². The molecule has 0 saturated carbocycles. The number of benzene rings is 2. The van der Waals surface area contributed by atoms with E-state index >= 15 is 0 Å². The van der Waals surface area contributed by atoms with Crippen LogP contribution >= 0.6 is 0 Å². The number of ether oxygens (including phenoxy) is 1. The van der Waals surface area contributed by atoms with Crippen molar-refractivity contribution in [3.63, 3.8) is 0 Å². The molecule has 2 atom stereocenters. The van der Waals surface area contributed by atoms with Gasteiger partial charge in [0, 0.05) is 25.2 Å². The number of amides is 2. The maximum atomic E-state index is 12.4. The number of nitrogens with zero attached hydrogens (tertiary/aromatic N) is 2. The molecule has 2 aromatic carbocycles. The third-order valence-corrected chi connectivity index (χ3v) is 6.55. The second kappa shape index (κ2) is 9.96. The van der Waals surface area contributed by atoms with Gasteiger partial charge in [-0.3, -0.25) is 9.69 Å². The summed E-state index contributed by atoms with van der Waals surface area (Å²) < 4.78 is 5.33. The minimum Gasteiger partial charge on any atom is -0.447 e. The molecule has 0 spiro atoms. The minimum atomic E-state index is -0.430. The highest BCUT2D eigenvalue weighted by molar-refractivity contribution is 5.94. The highest BCUT2D eigenvalue weighted by Gasteiger charge is 2.33. The van der Waals surface area contributed by atoms with Crippen LogP contribution < -0.4 is 10.2 Å². The molecule has 6 heteroatoms. The number of anilines is 1. The molecule has 0 aliphatic carbocycles. The van der Waals surface area contributed by atoms with Crippen LogP contribution in [0.3, 0.4) is 0 Å². The zero-order valence-electron chi connectivity index (χ0n) is 20.1.